The van der Waals surface area contributed by atoms with E-state index in [0.29, 0.717) is 18.2 Å². The average molecular weight is 1440 g/mol. The van der Waals surface area contributed by atoms with Crippen LogP contribution in [0.5, 0.6) is 144 Å². The molecule has 5 aliphatic heterocycles. The Bertz CT molecular complexity index is 5270. The Kier molecular flexibility index (Phi) is 15.9. The first kappa shape index (κ1) is 67.8. The minimum absolute atomic E-state index is 0.0287. The zero-order chi connectivity index (χ0) is 74.7. The van der Waals surface area contributed by atoms with E-state index in [2.05, 4.69) is 0 Å². The van der Waals surface area contributed by atoms with E-state index in [9.17, 15) is 128 Å². The Balaban J connectivity index is 1.00. The number of aliphatic hydroxyl groups is 5. The molecule has 0 radical (unpaired) electrons. The Hall–Kier alpha value is -13.0. The summed E-state index contributed by atoms with van der Waals surface area (Å²) in [4.78, 5) is 0. The molecule has 0 aliphatic carbocycles. The van der Waals surface area contributed by atoms with Crippen molar-refractivity contribution < 1.29 is 151 Å². The first-order chi connectivity index (χ1) is 49.9. The van der Waals surface area contributed by atoms with Crippen LogP contribution >= 0.6 is 0 Å². The molecule has 0 amide bonds. The summed E-state index contributed by atoms with van der Waals surface area (Å²) >= 11 is 0. The van der Waals surface area contributed by atoms with Gasteiger partial charge in [-0.3, -0.25) is 0 Å². The molecule has 0 saturated carbocycles. The van der Waals surface area contributed by atoms with Crippen LogP contribution in [0.3, 0.4) is 0 Å². The van der Waals surface area contributed by atoms with Crippen molar-refractivity contribution in [3.05, 3.63) is 205 Å². The standard InChI is InChI=1S/C75H62O30/c76-28-16-41(88)51-50(17-28)101-68(24-2-7-31(78)37(84)12-24)63(97)59(51)53-43(90)20-45(92)55-61(65(99)70(103-73(53)55)26-4-9-33(80)39(86)14-26)57-47(94)22-48(95)58-62(66(100)71(105-75(57)58)27-5-10-34(81)40(87)15-27)56-46(93)21-44(91)54-60(64(98)69(104-74(54)56)25-3-8-32(79)38(85)13-25)52-42(89)19-35(82)29-18-49(96)67(102-72(29)52)23-1-6-30(77)36(83)11-23/h1-17,19-22,49,59-71,76-100H,18H2/t49-,59?,60?,61?,62?,63-,64-,65-,66-,67-,68-,69-,70-,71-/m1/s1. The van der Waals surface area contributed by atoms with E-state index >= 15 is 0 Å². The molecular formula is C75H62O30. The molecule has 10 aromatic rings. The van der Waals surface area contributed by atoms with E-state index in [0.717, 1.165) is 91.0 Å². The zero-order valence-corrected chi connectivity index (χ0v) is 53.6. The topological polar surface area (TPSA) is 552 Å². The third-order valence-corrected chi connectivity index (χ3v) is 20.2. The van der Waals surface area contributed by atoms with Gasteiger partial charge in [0.1, 0.15) is 117 Å². The molecule has 14 atom stereocenters. The van der Waals surface area contributed by atoms with Gasteiger partial charge >= 0.3 is 0 Å². The number of aliphatic hydroxyl groups excluding tert-OH is 5. The number of fused-ring (bicyclic) bond motifs is 5. The summed E-state index contributed by atoms with van der Waals surface area (Å²) in [6.07, 6.45) is -19.9. The van der Waals surface area contributed by atoms with Gasteiger partial charge in [0.15, 0.2) is 81.9 Å². The van der Waals surface area contributed by atoms with Crippen molar-refractivity contribution in [2.24, 2.45) is 0 Å². The minimum Gasteiger partial charge on any atom is -0.508 e. The largest absolute Gasteiger partial charge is 0.508 e. The maximum atomic E-state index is 13.4. The van der Waals surface area contributed by atoms with Crippen LogP contribution in [0.15, 0.2) is 127 Å². The first-order valence-corrected chi connectivity index (χ1v) is 32.1. The fourth-order valence-electron chi connectivity index (χ4n) is 15.4. The molecule has 0 spiro atoms. The van der Waals surface area contributed by atoms with E-state index in [4.69, 9.17) is 23.7 Å². The lowest BCUT2D eigenvalue weighted by molar-refractivity contribution is -0.0101. The molecule has 542 valence electrons. The van der Waals surface area contributed by atoms with E-state index in [-0.39, 0.29) is 44.7 Å². The van der Waals surface area contributed by atoms with Crippen molar-refractivity contribution in [3.63, 3.8) is 0 Å². The maximum Gasteiger partial charge on any atom is 0.157 e. The number of phenols is 20. The number of hydrogen-bond acceptors (Lipinski definition) is 30. The number of phenolic OH excluding ortho intramolecular Hbond substituents is 20. The maximum absolute atomic E-state index is 13.4. The van der Waals surface area contributed by atoms with E-state index in [1.54, 1.807) is 0 Å². The van der Waals surface area contributed by atoms with Gasteiger partial charge in [-0.1, -0.05) is 30.3 Å². The van der Waals surface area contributed by atoms with Crippen LogP contribution in [-0.2, 0) is 6.42 Å². The lowest BCUT2D eigenvalue weighted by Crippen LogP contribution is -2.40. The third kappa shape index (κ3) is 10.7. The van der Waals surface area contributed by atoms with Gasteiger partial charge in [-0.25, -0.2) is 0 Å². The summed E-state index contributed by atoms with van der Waals surface area (Å²) in [6.45, 7) is 0. The molecule has 15 rings (SSSR count). The number of rotatable bonds is 9. The van der Waals surface area contributed by atoms with Gasteiger partial charge in [0.25, 0.3) is 0 Å². The predicted molar refractivity (Wildman–Crippen MR) is 356 cm³/mol. The molecule has 0 aromatic heterocycles. The van der Waals surface area contributed by atoms with Crippen LogP contribution in [0, 0.1) is 0 Å². The van der Waals surface area contributed by atoms with Gasteiger partial charge in [-0.15, -0.1) is 0 Å². The van der Waals surface area contributed by atoms with Gasteiger partial charge in [-0.2, -0.15) is 0 Å². The quantitative estimate of drug-likeness (QED) is 0.0628. The monoisotopic (exact) mass is 1440 g/mol. The molecule has 30 nitrogen and oxygen atoms in total. The molecule has 105 heavy (non-hydrogen) atoms. The van der Waals surface area contributed by atoms with Crippen LogP contribution in [0.4, 0.5) is 0 Å². The second-order valence-electron chi connectivity index (χ2n) is 26.3. The number of hydrogen-bond donors (Lipinski definition) is 25. The van der Waals surface area contributed by atoms with Gasteiger partial charge in [0, 0.05) is 92.9 Å². The Morgan fingerprint density at radius 2 is 0.467 bits per heavy atom. The van der Waals surface area contributed by atoms with Gasteiger partial charge in [-0.05, 0) is 88.5 Å². The summed E-state index contributed by atoms with van der Waals surface area (Å²) in [6, 6.07) is 20.7. The second kappa shape index (κ2) is 24.6. The predicted octanol–water partition coefficient (Wildman–Crippen LogP) is 7.34. The zero-order valence-electron chi connectivity index (χ0n) is 53.6. The average Bonchev–Trinajstić information content (AvgIpc) is 0.718. The summed E-state index contributed by atoms with van der Waals surface area (Å²) in [5.41, 5.74) is -5.67. The van der Waals surface area contributed by atoms with Crippen LogP contribution in [-0.4, -0.2) is 158 Å². The number of ether oxygens (including phenoxy) is 5. The van der Waals surface area contributed by atoms with Crippen molar-refractivity contribution >= 4 is 0 Å². The van der Waals surface area contributed by atoms with Crippen LogP contribution in [0.25, 0.3) is 0 Å². The normalized spacial score (nSPS) is 24.2. The molecule has 0 fully saturated rings. The highest BCUT2D eigenvalue weighted by Crippen LogP contribution is 2.67. The van der Waals surface area contributed by atoms with Crippen LogP contribution in [0.1, 0.15) is 132 Å². The first-order valence-electron chi connectivity index (χ1n) is 32.1. The Morgan fingerprint density at radius 1 is 0.219 bits per heavy atom. The summed E-state index contributed by atoms with van der Waals surface area (Å²) in [5.74, 6) is -27.3. The third-order valence-electron chi connectivity index (χ3n) is 20.2. The fraction of sp³-hybridized carbons (Fsp3) is 0.200. The summed E-state index contributed by atoms with van der Waals surface area (Å²) < 4.78 is 32.8. The molecule has 10 aromatic carbocycles. The minimum atomic E-state index is -2.31. The lowest BCUT2D eigenvalue weighted by atomic mass is 9.71. The van der Waals surface area contributed by atoms with Crippen molar-refractivity contribution in [2.45, 2.75) is 91.1 Å². The Morgan fingerprint density at radius 3 is 0.771 bits per heavy atom. The highest BCUT2D eigenvalue weighted by molar-refractivity contribution is 5.75. The molecule has 5 heterocycles. The van der Waals surface area contributed by atoms with Gasteiger partial charge in [0.05, 0.1) is 29.8 Å². The molecule has 5 aliphatic rings. The van der Waals surface area contributed by atoms with Crippen molar-refractivity contribution in [1.29, 1.82) is 0 Å². The van der Waals surface area contributed by atoms with E-state index in [1.165, 1.54) is 18.2 Å². The van der Waals surface area contributed by atoms with E-state index in [1.807, 2.05) is 0 Å². The summed E-state index contributed by atoms with van der Waals surface area (Å²) in [7, 11) is 0. The molecule has 4 unspecified atom stereocenters. The van der Waals surface area contributed by atoms with Crippen molar-refractivity contribution in [1.82, 2.24) is 0 Å². The smallest absolute Gasteiger partial charge is 0.157 e. The van der Waals surface area contributed by atoms with E-state index < -0.39 is 268 Å². The number of aromatic hydroxyl groups is 20. The highest BCUT2D eigenvalue weighted by atomic mass is 16.5. The SMILES string of the molecule is Oc1cc(O)c2c(c1)O[C@H](c1ccc(O)c(O)c1)[C@H](O)C2c1c(O)cc(O)c2c1O[C@H](c1ccc(O)c(O)c1)[C@H](O)C2c1c(O)cc(O)c2c1O[C@H](c1ccc(O)c(O)c1)[C@H](O)C2c1c(O)cc(O)c2c1O[C@H](c1ccc(O)c(O)c1)[C@H](O)C2c1c(O)cc(O)c2c1O[C@H](c1ccc(O)c(O)c1)[C@H](O)C2. The van der Waals surface area contributed by atoms with Gasteiger partial charge in [0.2, 0.25) is 0 Å². The molecular weight excluding hydrogens is 1380 g/mol. The van der Waals surface area contributed by atoms with Crippen molar-refractivity contribution in [2.75, 3.05) is 0 Å². The van der Waals surface area contributed by atoms with Crippen LogP contribution in [0.2, 0.25) is 0 Å². The molecule has 0 bridgehead atoms. The highest BCUT2D eigenvalue weighted by Gasteiger charge is 2.55. The summed E-state index contributed by atoms with van der Waals surface area (Å²) in [5, 5.41) is 294. The van der Waals surface area contributed by atoms with Crippen LogP contribution < -0.4 is 23.7 Å². The number of benzene rings is 10. The van der Waals surface area contributed by atoms with Gasteiger partial charge < -0.3 is 151 Å². The molecule has 0 saturated heterocycles. The molecule has 30 heteroatoms. The molecule has 25 N–H and O–H groups in total. The fourth-order valence-corrected chi connectivity index (χ4v) is 15.4. The van der Waals surface area contributed by atoms with Crippen molar-refractivity contribution in [3.8, 4) is 144 Å². The lowest BCUT2D eigenvalue weighted by Gasteiger charge is -2.45. The second-order valence-corrected chi connectivity index (χ2v) is 26.3. The Labute approximate surface area is 589 Å².